The van der Waals surface area contributed by atoms with Crippen LogP contribution in [0.5, 0.6) is 5.75 Å². The maximum Gasteiger partial charge on any atom is 0.416 e. The molecule has 0 bridgehead atoms. The van der Waals surface area contributed by atoms with Crippen molar-refractivity contribution in [1.29, 1.82) is 0 Å². The van der Waals surface area contributed by atoms with Crippen LogP contribution >= 0.6 is 0 Å². The van der Waals surface area contributed by atoms with Gasteiger partial charge in [-0.05, 0) is 37.0 Å². The topological polar surface area (TPSA) is 55.6 Å². The van der Waals surface area contributed by atoms with Crippen LogP contribution < -0.4 is 4.74 Å². The van der Waals surface area contributed by atoms with Crippen molar-refractivity contribution in [2.24, 2.45) is 5.92 Å². The number of ether oxygens (including phenoxy) is 1. The number of hydrogen-bond acceptors (Lipinski definition) is 4. The molecule has 1 aliphatic carbocycles. The molecular weight excluding hydrogens is 337 g/mol. The SMILES string of the molecule is CN(CC1CC1)C(=O)c1coc(COc2cccc(C(F)(F)F)c2)n1. The number of oxazole rings is 1. The number of halogens is 3. The lowest BCUT2D eigenvalue weighted by molar-refractivity contribution is -0.137. The Balaban J connectivity index is 1.59. The fourth-order valence-electron chi connectivity index (χ4n) is 2.35. The van der Waals surface area contributed by atoms with E-state index in [0.29, 0.717) is 12.5 Å². The summed E-state index contributed by atoms with van der Waals surface area (Å²) < 4.78 is 48.4. The van der Waals surface area contributed by atoms with Gasteiger partial charge in [0.15, 0.2) is 12.3 Å². The van der Waals surface area contributed by atoms with Gasteiger partial charge >= 0.3 is 6.18 Å². The summed E-state index contributed by atoms with van der Waals surface area (Å²) in [6.07, 6.45) is -0.941. The highest BCUT2D eigenvalue weighted by molar-refractivity contribution is 5.91. The molecule has 0 radical (unpaired) electrons. The van der Waals surface area contributed by atoms with Crippen LogP contribution in [0.3, 0.4) is 0 Å². The van der Waals surface area contributed by atoms with Crippen LogP contribution in [-0.4, -0.2) is 29.4 Å². The highest BCUT2D eigenvalue weighted by Crippen LogP contribution is 2.31. The van der Waals surface area contributed by atoms with Gasteiger partial charge < -0.3 is 14.1 Å². The average molecular weight is 354 g/mol. The van der Waals surface area contributed by atoms with Crippen LogP contribution in [0.15, 0.2) is 34.9 Å². The van der Waals surface area contributed by atoms with Gasteiger partial charge in [0.1, 0.15) is 12.0 Å². The molecule has 5 nitrogen and oxygen atoms in total. The van der Waals surface area contributed by atoms with Gasteiger partial charge in [-0.3, -0.25) is 4.79 Å². The molecule has 2 aromatic rings. The lowest BCUT2D eigenvalue weighted by Crippen LogP contribution is -2.29. The first-order valence-corrected chi connectivity index (χ1v) is 7.83. The quantitative estimate of drug-likeness (QED) is 0.793. The maximum absolute atomic E-state index is 12.7. The number of nitrogens with zero attached hydrogens (tertiary/aromatic N) is 2. The third-order valence-electron chi connectivity index (χ3n) is 3.87. The first kappa shape index (κ1) is 17.3. The van der Waals surface area contributed by atoms with E-state index in [2.05, 4.69) is 4.98 Å². The molecule has 0 spiro atoms. The van der Waals surface area contributed by atoms with E-state index in [0.717, 1.165) is 25.0 Å². The summed E-state index contributed by atoms with van der Waals surface area (Å²) in [5.41, 5.74) is -0.638. The first-order valence-electron chi connectivity index (χ1n) is 7.83. The molecule has 1 heterocycles. The predicted molar refractivity (Wildman–Crippen MR) is 82.0 cm³/mol. The molecule has 0 atom stereocenters. The summed E-state index contributed by atoms with van der Waals surface area (Å²) in [5.74, 6) is 0.484. The van der Waals surface area contributed by atoms with E-state index in [9.17, 15) is 18.0 Å². The van der Waals surface area contributed by atoms with Gasteiger partial charge in [-0.1, -0.05) is 6.07 Å². The molecule has 1 fully saturated rings. The van der Waals surface area contributed by atoms with E-state index < -0.39 is 11.7 Å². The first-order chi connectivity index (χ1) is 11.8. The Kier molecular flexibility index (Phi) is 4.69. The Labute approximate surface area is 142 Å². The van der Waals surface area contributed by atoms with Crippen LogP contribution in [0.1, 0.15) is 34.8 Å². The average Bonchev–Trinajstić information content (AvgIpc) is 3.25. The van der Waals surface area contributed by atoms with Gasteiger partial charge in [0, 0.05) is 13.6 Å². The number of carbonyl (C=O) groups excluding carboxylic acids is 1. The highest BCUT2D eigenvalue weighted by Gasteiger charge is 2.30. The van der Waals surface area contributed by atoms with E-state index in [1.165, 1.54) is 18.4 Å². The fraction of sp³-hybridized carbons (Fsp3) is 0.412. The molecule has 1 aromatic heterocycles. The molecule has 0 unspecified atom stereocenters. The molecule has 1 aliphatic rings. The standard InChI is InChI=1S/C17H17F3N2O3/c1-22(8-11-5-6-11)16(23)14-9-25-15(21-14)10-24-13-4-2-3-12(7-13)17(18,19)20/h2-4,7,9,11H,5-6,8,10H2,1H3. The number of alkyl halides is 3. The van der Waals surface area contributed by atoms with Crippen LogP contribution in [-0.2, 0) is 12.8 Å². The van der Waals surface area contributed by atoms with E-state index in [1.807, 2.05) is 0 Å². The van der Waals surface area contributed by atoms with Crippen molar-refractivity contribution in [2.45, 2.75) is 25.6 Å². The largest absolute Gasteiger partial charge is 0.484 e. The summed E-state index contributed by atoms with van der Waals surface area (Å²) in [6, 6.07) is 4.53. The second-order valence-electron chi connectivity index (χ2n) is 6.07. The zero-order valence-electron chi connectivity index (χ0n) is 13.5. The Morgan fingerprint density at radius 1 is 1.40 bits per heavy atom. The van der Waals surface area contributed by atoms with Gasteiger partial charge in [-0.25, -0.2) is 4.98 Å². The minimum absolute atomic E-state index is 0.0479. The lowest BCUT2D eigenvalue weighted by Gasteiger charge is -2.14. The van der Waals surface area contributed by atoms with Gasteiger partial charge in [0.2, 0.25) is 5.89 Å². The number of hydrogen-bond donors (Lipinski definition) is 0. The second kappa shape index (κ2) is 6.78. The van der Waals surface area contributed by atoms with E-state index in [-0.39, 0.29) is 29.8 Å². The monoisotopic (exact) mass is 354 g/mol. The van der Waals surface area contributed by atoms with Crippen molar-refractivity contribution in [3.8, 4) is 5.75 Å². The van der Waals surface area contributed by atoms with Crippen LogP contribution in [0.2, 0.25) is 0 Å². The smallest absolute Gasteiger partial charge is 0.416 e. The number of amides is 1. The van der Waals surface area contributed by atoms with Crippen LogP contribution in [0.4, 0.5) is 13.2 Å². The number of carbonyl (C=O) groups is 1. The van der Waals surface area contributed by atoms with Crippen molar-refractivity contribution in [1.82, 2.24) is 9.88 Å². The van der Waals surface area contributed by atoms with Gasteiger partial charge in [-0.2, -0.15) is 13.2 Å². The molecule has 1 aromatic carbocycles. The third-order valence-corrected chi connectivity index (χ3v) is 3.87. The van der Waals surface area contributed by atoms with Crippen molar-refractivity contribution in [3.05, 3.63) is 47.7 Å². The van der Waals surface area contributed by atoms with Gasteiger partial charge in [0.25, 0.3) is 5.91 Å². The Morgan fingerprint density at radius 2 is 2.16 bits per heavy atom. The molecule has 0 saturated heterocycles. The Bertz CT molecular complexity index is 754. The van der Waals surface area contributed by atoms with E-state index in [4.69, 9.17) is 9.15 Å². The third kappa shape index (κ3) is 4.52. The summed E-state index contributed by atoms with van der Waals surface area (Å²) in [4.78, 5) is 17.8. The summed E-state index contributed by atoms with van der Waals surface area (Å²) in [6.45, 7) is 0.517. The molecule has 25 heavy (non-hydrogen) atoms. The van der Waals surface area contributed by atoms with Crippen molar-refractivity contribution in [2.75, 3.05) is 13.6 Å². The van der Waals surface area contributed by atoms with E-state index >= 15 is 0 Å². The van der Waals surface area contributed by atoms with Crippen molar-refractivity contribution < 1.29 is 27.1 Å². The minimum Gasteiger partial charge on any atom is -0.484 e. The Morgan fingerprint density at radius 3 is 2.84 bits per heavy atom. The fourth-order valence-corrected chi connectivity index (χ4v) is 2.35. The Hall–Kier alpha value is -2.51. The molecule has 134 valence electrons. The minimum atomic E-state index is -4.44. The number of benzene rings is 1. The highest BCUT2D eigenvalue weighted by atomic mass is 19.4. The number of rotatable bonds is 6. The van der Waals surface area contributed by atoms with Crippen LogP contribution in [0, 0.1) is 5.92 Å². The zero-order chi connectivity index (χ0) is 18.0. The van der Waals surface area contributed by atoms with Crippen LogP contribution in [0.25, 0.3) is 0 Å². The zero-order valence-corrected chi connectivity index (χ0v) is 13.5. The van der Waals surface area contributed by atoms with Crippen molar-refractivity contribution >= 4 is 5.91 Å². The van der Waals surface area contributed by atoms with E-state index in [1.54, 1.807) is 11.9 Å². The van der Waals surface area contributed by atoms with Gasteiger partial charge in [-0.15, -0.1) is 0 Å². The molecule has 1 amide bonds. The molecule has 1 saturated carbocycles. The summed E-state index contributed by atoms with van der Waals surface area (Å²) in [7, 11) is 1.70. The summed E-state index contributed by atoms with van der Waals surface area (Å²) >= 11 is 0. The van der Waals surface area contributed by atoms with Gasteiger partial charge in [0.05, 0.1) is 5.56 Å². The second-order valence-corrected chi connectivity index (χ2v) is 6.07. The lowest BCUT2D eigenvalue weighted by atomic mass is 10.2. The molecular formula is C17H17F3N2O3. The molecule has 0 N–H and O–H groups in total. The van der Waals surface area contributed by atoms with Crippen molar-refractivity contribution in [3.63, 3.8) is 0 Å². The molecule has 8 heteroatoms. The maximum atomic E-state index is 12.7. The summed E-state index contributed by atoms with van der Waals surface area (Å²) in [5, 5.41) is 0. The molecule has 0 aliphatic heterocycles. The number of aromatic nitrogens is 1. The predicted octanol–water partition coefficient (Wildman–Crippen LogP) is 3.75. The molecule has 3 rings (SSSR count). The normalized spacial score (nSPS) is 14.4.